The Balaban J connectivity index is 0.00000261. The van der Waals surface area contributed by atoms with E-state index < -0.39 is 0 Å². The van der Waals surface area contributed by atoms with Gasteiger partial charge in [0.05, 0.1) is 0 Å². The predicted molar refractivity (Wildman–Crippen MR) is 120 cm³/mol. The molecule has 1 aliphatic heterocycles. The molecule has 3 rings (SSSR count). The molecule has 27 heavy (non-hydrogen) atoms. The van der Waals surface area contributed by atoms with E-state index in [0.29, 0.717) is 19.5 Å². The summed E-state index contributed by atoms with van der Waals surface area (Å²) >= 11 is 0. The molecule has 0 radical (unpaired) electrons. The maximum atomic E-state index is 12.0. The number of benzene rings is 2. The summed E-state index contributed by atoms with van der Waals surface area (Å²) in [6.07, 6.45) is 1.45. The highest BCUT2D eigenvalue weighted by Crippen LogP contribution is 2.18. The minimum atomic E-state index is 0. The Bertz CT molecular complexity index is 764. The maximum absolute atomic E-state index is 12.0. The molecule has 2 aromatic rings. The van der Waals surface area contributed by atoms with E-state index in [0.717, 1.165) is 31.0 Å². The molecule has 1 amide bonds. The van der Waals surface area contributed by atoms with Gasteiger partial charge in [-0.2, -0.15) is 0 Å². The number of halogens is 1. The fourth-order valence-electron chi connectivity index (χ4n) is 3.18. The number of fused-ring (bicyclic) bond motifs is 1. The van der Waals surface area contributed by atoms with Crippen LogP contribution in [0.4, 0.5) is 0 Å². The Morgan fingerprint density at radius 2 is 1.74 bits per heavy atom. The summed E-state index contributed by atoms with van der Waals surface area (Å²) in [5.74, 6) is 0.899. The van der Waals surface area contributed by atoms with Gasteiger partial charge >= 0.3 is 0 Å². The average Bonchev–Trinajstić information content (AvgIpc) is 2.70. The minimum Gasteiger partial charge on any atom is -0.356 e. The van der Waals surface area contributed by atoms with Gasteiger partial charge in [0.2, 0.25) is 5.91 Å². The summed E-state index contributed by atoms with van der Waals surface area (Å²) in [5, 5.41) is 6.26. The van der Waals surface area contributed by atoms with E-state index in [1.165, 1.54) is 11.1 Å². The molecule has 0 bridgehead atoms. The molecule has 0 unspecified atom stereocenters. The smallest absolute Gasteiger partial charge is 0.222 e. The Morgan fingerprint density at radius 1 is 1.04 bits per heavy atom. The van der Waals surface area contributed by atoms with Gasteiger partial charge in [0.15, 0.2) is 5.96 Å². The lowest BCUT2D eigenvalue weighted by Gasteiger charge is -2.31. The van der Waals surface area contributed by atoms with E-state index in [2.05, 4.69) is 44.8 Å². The van der Waals surface area contributed by atoms with Gasteiger partial charge in [-0.1, -0.05) is 54.6 Å². The summed E-state index contributed by atoms with van der Waals surface area (Å²) in [6.45, 7) is 2.94. The summed E-state index contributed by atoms with van der Waals surface area (Å²) in [5.41, 5.74) is 3.87. The molecule has 1 aliphatic rings. The van der Waals surface area contributed by atoms with Crippen LogP contribution in [-0.4, -0.2) is 36.9 Å². The van der Waals surface area contributed by atoms with E-state index in [1.807, 2.05) is 30.3 Å². The SMILES string of the molecule is CN=C(NCCC(=O)NCc1ccccc1)N1CCc2ccccc2C1.I. The number of carbonyl (C=O) groups is 1. The van der Waals surface area contributed by atoms with Crippen LogP contribution in [-0.2, 0) is 24.3 Å². The quantitative estimate of drug-likeness (QED) is 0.395. The van der Waals surface area contributed by atoms with Crippen molar-refractivity contribution >= 4 is 35.8 Å². The third-order valence-electron chi connectivity index (χ3n) is 4.61. The first kappa shape index (κ1) is 21.2. The van der Waals surface area contributed by atoms with Crippen LogP contribution in [0, 0.1) is 0 Å². The Kier molecular flexibility index (Phi) is 8.57. The van der Waals surface area contributed by atoms with Gasteiger partial charge in [-0.05, 0) is 23.1 Å². The summed E-state index contributed by atoms with van der Waals surface area (Å²) < 4.78 is 0. The molecule has 2 aromatic carbocycles. The standard InChI is InChI=1S/C21H26N4O.HI/c1-22-21(25-14-12-18-9-5-6-10-19(18)16-25)23-13-11-20(26)24-15-17-7-3-2-4-8-17;/h2-10H,11-16H2,1H3,(H,22,23)(H,24,26);1H. The molecule has 1 heterocycles. The normalized spacial score (nSPS) is 13.4. The van der Waals surface area contributed by atoms with Crippen LogP contribution in [0.5, 0.6) is 0 Å². The van der Waals surface area contributed by atoms with Crippen molar-refractivity contribution in [1.29, 1.82) is 0 Å². The zero-order valence-corrected chi connectivity index (χ0v) is 18.0. The van der Waals surface area contributed by atoms with Crippen molar-refractivity contribution in [3.63, 3.8) is 0 Å². The summed E-state index contributed by atoms with van der Waals surface area (Å²) in [6, 6.07) is 18.5. The molecule has 0 aromatic heterocycles. The number of hydrogen-bond acceptors (Lipinski definition) is 2. The second-order valence-electron chi connectivity index (χ2n) is 6.43. The van der Waals surface area contributed by atoms with Crippen LogP contribution in [0.1, 0.15) is 23.1 Å². The van der Waals surface area contributed by atoms with Gasteiger partial charge in [-0.25, -0.2) is 0 Å². The molecule has 144 valence electrons. The molecule has 6 heteroatoms. The highest BCUT2D eigenvalue weighted by molar-refractivity contribution is 14.0. The molecular formula is C21H27IN4O. The molecular weight excluding hydrogens is 451 g/mol. The highest BCUT2D eigenvalue weighted by Gasteiger charge is 2.18. The number of rotatable bonds is 5. The fourth-order valence-corrected chi connectivity index (χ4v) is 3.18. The molecule has 0 fully saturated rings. The van der Waals surface area contributed by atoms with Gasteiger partial charge < -0.3 is 15.5 Å². The molecule has 0 saturated carbocycles. The van der Waals surface area contributed by atoms with Crippen molar-refractivity contribution in [3.05, 3.63) is 71.3 Å². The lowest BCUT2D eigenvalue weighted by Crippen LogP contribution is -2.44. The van der Waals surface area contributed by atoms with E-state index in [9.17, 15) is 4.79 Å². The Morgan fingerprint density at radius 3 is 2.48 bits per heavy atom. The van der Waals surface area contributed by atoms with Crippen molar-refractivity contribution < 1.29 is 4.79 Å². The van der Waals surface area contributed by atoms with Crippen molar-refractivity contribution in [2.24, 2.45) is 4.99 Å². The third kappa shape index (κ3) is 6.23. The second kappa shape index (κ2) is 10.9. The van der Waals surface area contributed by atoms with Crippen molar-refractivity contribution in [2.75, 3.05) is 20.1 Å². The van der Waals surface area contributed by atoms with Crippen LogP contribution < -0.4 is 10.6 Å². The molecule has 0 atom stereocenters. The number of aliphatic imine (C=N–C) groups is 1. The third-order valence-corrected chi connectivity index (χ3v) is 4.61. The van der Waals surface area contributed by atoms with Crippen molar-refractivity contribution in [1.82, 2.24) is 15.5 Å². The number of carbonyl (C=O) groups excluding carboxylic acids is 1. The Hall–Kier alpha value is -2.09. The minimum absolute atomic E-state index is 0. The highest BCUT2D eigenvalue weighted by atomic mass is 127. The molecule has 5 nitrogen and oxygen atoms in total. The van der Waals surface area contributed by atoms with Crippen molar-refractivity contribution in [2.45, 2.75) is 25.9 Å². The van der Waals surface area contributed by atoms with Gasteiger partial charge in [0.1, 0.15) is 0 Å². The first-order chi connectivity index (χ1) is 12.8. The zero-order chi connectivity index (χ0) is 18.2. The van der Waals surface area contributed by atoms with E-state index in [4.69, 9.17) is 0 Å². The number of nitrogens with one attached hydrogen (secondary N) is 2. The van der Waals surface area contributed by atoms with Crippen LogP contribution in [0.3, 0.4) is 0 Å². The largest absolute Gasteiger partial charge is 0.356 e. The number of guanidine groups is 1. The van der Waals surface area contributed by atoms with Crippen LogP contribution in [0.25, 0.3) is 0 Å². The molecule has 0 saturated heterocycles. The zero-order valence-electron chi connectivity index (χ0n) is 15.6. The van der Waals surface area contributed by atoms with Crippen LogP contribution in [0.2, 0.25) is 0 Å². The summed E-state index contributed by atoms with van der Waals surface area (Å²) in [7, 11) is 1.79. The van der Waals surface area contributed by atoms with Gasteiger partial charge in [0.25, 0.3) is 0 Å². The number of amides is 1. The number of hydrogen-bond donors (Lipinski definition) is 2. The second-order valence-corrected chi connectivity index (χ2v) is 6.43. The van der Waals surface area contributed by atoms with Gasteiger partial charge in [-0.3, -0.25) is 9.79 Å². The fraction of sp³-hybridized carbons (Fsp3) is 0.333. The van der Waals surface area contributed by atoms with E-state index >= 15 is 0 Å². The Labute approximate surface area is 178 Å². The summed E-state index contributed by atoms with van der Waals surface area (Å²) in [4.78, 5) is 18.6. The predicted octanol–water partition coefficient (Wildman–Crippen LogP) is 2.94. The molecule has 2 N–H and O–H groups in total. The lowest BCUT2D eigenvalue weighted by molar-refractivity contribution is -0.121. The first-order valence-corrected chi connectivity index (χ1v) is 9.09. The van der Waals surface area contributed by atoms with E-state index in [-0.39, 0.29) is 29.9 Å². The van der Waals surface area contributed by atoms with Gasteiger partial charge in [0, 0.05) is 39.6 Å². The van der Waals surface area contributed by atoms with E-state index in [1.54, 1.807) is 7.05 Å². The molecule has 0 aliphatic carbocycles. The average molecular weight is 478 g/mol. The first-order valence-electron chi connectivity index (χ1n) is 9.09. The topological polar surface area (TPSA) is 56.7 Å². The lowest BCUT2D eigenvalue weighted by atomic mass is 10.0. The number of nitrogens with zero attached hydrogens (tertiary/aromatic N) is 2. The van der Waals surface area contributed by atoms with Crippen molar-refractivity contribution in [3.8, 4) is 0 Å². The van der Waals surface area contributed by atoms with Crippen LogP contribution >= 0.6 is 24.0 Å². The van der Waals surface area contributed by atoms with Gasteiger partial charge in [-0.15, -0.1) is 24.0 Å². The monoisotopic (exact) mass is 478 g/mol. The molecule has 0 spiro atoms. The van der Waals surface area contributed by atoms with Crippen LogP contribution in [0.15, 0.2) is 59.6 Å². The maximum Gasteiger partial charge on any atom is 0.222 e.